The lowest BCUT2D eigenvalue weighted by Crippen LogP contribution is -2.13. The van der Waals surface area contributed by atoms with E-state index in [0.29, 0.717) is 18.0 Å². The Morgan fingerprint density at radius 3 is 2.62 bits per heavy atom. The molecular weight excluding hydrogens is 304 g/mol. The summed E-state index contributed by atoms with van der Waals surface area (Å²) in [7, 11) is 0. The van der Waals surface area contributed by atoms with Gasteiger partial charge in [-0.3, -0.25) is 9.48 Å². The van der Waals surface area contributed by atoms with Crippen LogP contribution in [0.15, 0.2) is 34.9 Å². The third kappa shape index (κ3) is 3.08. The van der Waals surface area contributed by atoms with Crippen molar-refractivity contribution < 1.29 is 9.32 Å². The fraction of sp³-hybridized carbons (Fsp3) is 0.278. The van der Waals surface area contributed by atoms with Crippen molar-refractivity contribution >= 4 is 11.6 Å². The fourth-order valence-electron chi connectivity index (χ4n) is 2.63. The molecule has 1 amide bonds. The van der Waals surface area contributed by atoms with Crippen molar-refractivity contribution in [2.75, 3.05) is 5.32 Å². The topological polar surface area (TPSA) is 73.0 Å². The number of nitrogens with zero attached hydrogens (tertiary/aromatic N) is 3. The lowest BCUT2D eigenvalue weighted by molar-refractivity contribution is 0.101. The SMILES string of the molecule is Cc1cc(C(=O)Nc2c(C)nn(Cc3ccccc3C)c2C)no1. The minimum absolute atomic E-state index is 0.262. The molecule has 2 heterocycles. The zero-order valence-corrected chi connectivity index (χ0v) is 14.3. The number of anilines is 1. The van der Waals surface area contributed by atoms with Crippen molar-refractivity contribution in [2.45, 2.75) is 34.2 Å². The Balaban J connectivity index is 1.84. The molecule has 1 N–H and O–H groups in total. The smallest absolute Gasteiger partial charge is 0.277 e. The summed E-state index contributed by atoms with van der Waals surface area (Å²) in [6, 6.07) is 9.81. The molecule has 6 heteroatoms. The Morgan fingerprint density at radius 2 is 1.96 bits per heavy atom. The second-order valence-corrected chi connectivity index (χ2v) is 5.91. The van der Waals surface area contributed by atoms with Gasteiger partial charge in [-0.15, -0.1) is 0 Å². The number of hydrogen-bond acceptors (Lipinski definition) is 4. The van der Waals surface area contributed by atoms with E-state index < -0.39 is 0 Å². The van der Waals surface area contributed by atoms with E-state index in [-0.39, 0.29) is 11.6 Å². The van der Waals surface area contributed by atoms with E-state index in [0.717, 1.165) is 11.4 Å². The van der Waals surface area contributed by atoms with E-state index in [2.05, 4.69) is 34.6 Å². The molecule has 2 aromatic heterocycles. The van der Waals surface area contributed by atoms with Crippen molar-refractivity contribution in [3.05, 3.63) is 64.3 Å². The summed E-state index contributed by atoms with van der Waals surface area (Å²) in [6.07, 6.45) is 0. The molecule has 6 nitrogen and oxygen atoms in total. The molecule has 0 saturated carbocycles. The summed E-state index contributed by atoms with van der Waals surface area (Å²) in [5.74, 6) is 0.303. The third-order valence-electron chi connectivity index (χ3n) is 4.06. The third-order valence-corrected chi connectivity index (χ3v) is 4.06. The quantitative estimate of drug-likeness (QED) is 0.798. The summed E-state index contributed by atoms with van der Waals surface area (Å²) in [4.78, 5) is 12.3. The average molecular weight is 324 g/mol. The number of aryl methyl sites for hydroxylation is 3. The first-order valence-electron chi connectivity index (χ1n) is 7.79. The molecule has 0 atom stereocenters. The minimum atomic E-state index is -0.298. The molecule has 0 unspecified atom stereocenters. The van der Waals surface area contributed by atoms with Crippen LogP contribution in [-0.2, 0) is 6.54 Å². The molecule has 0 saturated heterocycles. The normalized spacial score (nSPS) is 10.8. The lowest BCUT2D eigenvalue weighted by Gasteiger charge is -2.08. The van der Waals surface area contributed by atoms with Crippen LogP contribution in [-0.4, -0.2) is 20.8 Å². The number of amides is 1. The van der Waals surface area contributed by atoms with Gasteiger partial charge in [-0.2, -0.15) is 5.10 Å². The second-order valence-electron chi connectivity index (χ2n) is 5.91. The maximum absolute atomic E-state index is 12.3. The lowest BCUT2D eigenvalue weighted by atomic mass is 10.1. The maximum atomic E-state index is 12.3. The number of carbonyl (C=O) groups is 1. The molecular formula is C18H20N4O2. The van der Waals surface area contributed by atoms with E-state index in [1.54, 1.807) is 13.0 Å². The molecule has 3 aromatic rings. The molecule has 0 bridgehead atoms. The highest BCUT2D eigenvalue weighted by molar-refractivity contribution is 6.03. The predicted molar refractivity (Wildman–Crippen MR) is 91.2 cm³/mol. The molecule has 0 radical (unpaired) electrons. The van der Waals surface area contributed by atoms with Gasteiger partial charge >= 0.3 is 0 Å². The van der Waals surface area contributed by atoms with Gasteiger partial charge in [0.2, 0.25) is 0 Å². The van der Waals surface area contributed by atoms with Crippen molar-refractivity contribution in [1.82, 2.24) is 14.9 Å². The van der Waals surface area contributed by atoms with Gasteiger partial charge in [-0.1, -0.05) is 29.4 Å². The predicted octanol–water partition coefficient (Wildman–Crippen LogP) is 3.41. The Labute approximate surface area is 140 Å². The van der Waals surface area contributed by atoms with Crippen LogP contribution < -0.4 is 5.32 Å². The summed E-state index contributed by atoms with van der Waals surface area (Å²) < 4.78 is 6.85. The monoisotopic (exact) mass is 324 g/mol. The summed E-state index contributed by atoms with van der Waals surface area (Å²) in [6.45, 7) is 8.32. The maximum Gasteiger partial charge on any atom is 0.277 e. The van der Waals surface area contributed by atoms with Gasteiger partial charge < -0.3 is 9.84 Å². The van der Waals surface area contributed by atoms with Crippen molar-refractivity contribution in [1.29, 1.82) is 0 Å². The van der Waals surface area contributed by atoms with Crippen LogP contribution in [0.25, 0.3) is 0 Å². The van der Waals surface area contributed by atoms with E-state index >= 15 is 0 Å². The molecule has 0 aliphatic rings. The summed E-state index contributed by atoms with van der Waals surface area (Å²) in [5.41, 5.74) is 5.08. The molecule has 24 heavy (non-hydrogen) atoms. The van der Waals surface area contributed by atoms with E-state index in [1.807, 2.05) is 30.7 Å². The Kier molecular flexibility index (Phi) is 4.20. The Bertz CT molecular complexity index is 892. The van der Waals surface area contributed by atoms with Gasteiger partial charge in [0.25, 0.3) is 5.91 Å². The largest absolute Gasteiger partial charge is 0.361 e. The van der Waals surface area contributed by atoms with Crippen LogP contribution in [0, 0.1) is 27.7 Å². The van der Waals surface area contributed by atoms with Crippen LogP contribution in [0.1, 0.15) is 38.8 Å². The average Bonchev–Trinajstić information content (AvgIpc) is 3.09. The first kappa shape index (κ1) is 16.0. The van der Waals surface area contributed by atoms with Crippen LogP contribution in [0.3, 0.4) is 0 Å². The van der Waals surface area contributed by atoms with Gasteiger partial charge in [-0.25, -0.2) is 0 Å². The van der Waals surface area contributed by atoms with Crippen molar-refractivity contribution in [3.63, 3.8) is 0 Å². The van der Waals surface area contributed by atoms with Gasteiger partial charge in [0.1, 0.15) is 5.76 Å². The molecule has 0 fully saturated rings. The number of hydrogen-bond donors (Lipinski definition) is 1. The molecule has 3 rings (SSSR count). The standard InChI is InChI=1S/C18H20N4O2/c1-11-7-5-6-8-15(11)10-22-14(4)17(13(3)20-22)19-18(23)16-9-12(2)24-21-16/h5-9H,10H2,1-4H3,(H,19,23). The number of nitrogens with one attached hydrogen (secondary N) is 1. The molecule has 0 aliphatic heterocycles. The molecule has 0 spiro atoms. The number of benzene rings is 1. The molecule has 124 valence electrons. The van der Waals surface area contributed by atoms with Crippen LogP contribution in [0.5, 0.6) is 0 Å². The highest BCUT2D eigenvalue weighted by atomic mass is 16.5. The first-order chi connectivity index (χ1) is 11.5. The summed E-state index contributed by atoms with van der Waals surface area (Å²) >= 11 is 0. The first-order valence-corrected chi connectivity index (χ1v) is 7.79. The zero-order chi connectivity index (χ0) is 17.3. The van der Waals surface area contributed by atoms with Crippen molar-refractivity contribution in [3.8, 4) is 0 Å². The van der Waals surface area contributed by atoms with Gasteiger partial charge in [-0.05, 0) is 38.8 Å². The number of carbonyl (C=O) groups excluding carboxylic acids is 1. The van der Waals surface area contributed by atoms with Gasteiger partial charge in [0.05, 0.1) is 23.6 Å². The number of rotatable bonds is 4. The van der Waals surface area contributed by atoms with Crippen LogP contribution >= 0.6 is 0 Å². The van der Waals surface area contributed by atoms with Crippen LogP contribution in [0.2, 0.25) is 0 Å². The van der Waals surface area contributed by atoms with Crippen LogP contribution in [0.4, 0.5) is 5.69 Å². The second kappa shape index (κ2) is 6.31. The highest BCUT2D eigenvalue weighted by Gasteiger charge is 2.17. The number of aromatic nitrogens is 3. The Hall–Kier alpha value is -2.89. The minimum Gasteiger partial charge on any atom is -0.361 e. The van der Waals surface area contributed by atoms with E-state index in [4.69, 9.17) is 4.52 Å². The van der Waals surface area contributed by atoms with E-state index in [9.17, 15) is 4.79 Å². The van der Waals surface area contributed by atoms with Gasteiger partial charge in [0.15, 0.2) is 5.69 Å². The fourth-order valence-corrected chi connectivity index (χ4v) is 2.63. The molecule has 0 aliphatic carbocycles. The van der Waals surface area contributed by atoms with Crippen molar-refractivity contribution in [2.24, 2.45) is 0 Å². The Morgan fingerprint density at radius 1 is 1.21 bits per heavy atom. The molecule has 1 aromatic carbocycles. The summed E-state index contributed by atoms with van der Waals surface area (Å²) in [5, 5.41) is 11.2. The van der Waals surface area contributed by atoms with E-state index in [1.165, 1.54) is 11.1 Å². The highest BCUT2D eigenvalue weighted by Crippen LogP contribution is 2.22. The zero-order valence-electron chi connectivity index (χ0n) is 14.3. The van der Waals surface area contributed by atoms with Gasteiger partial charge in [0, 0.05) is 6.07 Å².